The molecule has 4 nitrogen and oxygen atoms in total. The molecule has 0 saturated heterocycles. The van der Waals surface area contributed by atoms with Crippen LogP contribution in [0.3, 0.4) is 0 Å². The molecule has 17 heavy (non-hydrogen) atoms. The van der Waals surface area contributed by atoms with Gasteiger partial charge < -0.3 is 0 Å². The molecular weight excluding hydrogens is 238 g/mol. The van der Waals surface area contributed by atoms with Crippen LogP contribution in [-0.4, -0.2) is 14.1 Å². The van der Waals surface area contributed by atoms with E-state index in [0.717, 1.165) is 11.3 Å². The lowest BCUT2D eigenvalue weighted by molar-refractivity contribution is 0.337. The fraction of sp³-hybridized carbons (Fsp3) is 0.417. The minimum absolute atomic E-state index is 0.124. The summed E-state index contributed by atoms with van der Waals surface area (Å²) in [7, 11) is -3.78. The normalized spacial score (nSPS) is 11.0. The van der Waals surface area contributed by atoms with Crippen molar-refractivity contribution in [1.29, 1.82) is 0 Å². The summed E-state index contributed by atoms with van der Waals surface area (Å²) in [5.41, 5.74) is 1.72. The third kappa shape index (κ3) is 3.85. The van der Waals surface area contributed by atoms with Crippen LogP contribution in [0.25, 0.3) is 0 Å². The largest absolute Gasteiger partial charge is 0.358 e. The molecule has 1 rings (SSSR count). The van der Waals surface area contributed by atoms with E-state index in [9.17, 15) is 8.42 Å². The topological polar surface area (TPSA) is 55.7 Å². The number of benzene rings is 1. The van der Waals surface area contributed by atoms with Crippen molar-refractivity contribution in [1.82, 2.24) is 0 Å². The van der Waals surface area contributed by atoms with Crippen molar-refractivity contribution in [3.8, 4) is 0 Å². The number of oxime groups is 1. The average molecular weight is 255 g/mol. The molecular formula is C12H17NO3S. The number of rotatable bonds is 5. The number of hydrogen-bond acceptors (Lipinski definition) is 4. The molecule has 1 aromatic rings. The lowest BCUT2D eigenvalue weighted by Gasteiger charge is -2.03. The summed E-state index contributed by atoms with van der Waals surface area (Å²) in [6.07, 6.45) is 1.36. The van der Waals surface area contributed by atoms with Crippen LogP contribution in [0.1, 0.15) is 32.3 Å². The highest BCUT2D eigenvalue weighted by molar-refractivity contribution is 7.86. The van der Waals surface area contributed by atoms with Crippen molar-refractivity contribution in [3.63, 3.8) is 0 Å². The molecule has 94 valence electrons. The lowest BCUT2D eigenvalue weighted by atomic mass is 10.2. The second-order valence-corrected chi connectivity index (χ2v) is 5.24. The van der Waals surface area contributed by atoms with Gasteiger partial charge in [-0.2, -0.15) is 8.42 Å². The molecule has 0 atom stereocenters. The van der Waals surface area contributed by atoms with Crippen LogP contribution in [-0.2, 0) is 14.4 Å². The first kappa shape index (κ1) is 13.7. The van der Waals surface area contributed by atoms with Crippen LogP contribution in [0.4, 0.5) is 0 Å². The number of nitrogens with zero attached hydrogens (tertiary/aromatic N) is 1. The van der Waals surface area contributed by atoms with Gasteiger partial charge in [0.2, 0.25) is 0 Å². The van der Waals surface area contributed by atoms with E-state index in [0.29, 0.717) is 12.8 Å². The van der Waals surface area contributed by atoms with Gasteiger partial charge in [-0.3, -0.25) is 4.28 Å². The Bertz CT molecular complexity index is 483. The van der Waals surface area contributed by atoms with Crippen molar-refractivity contribution in [3.05, 3.63) is 29.8 Å². The highest BCUT2D eigenvalue weighted by Gasteiger charge is 2.15. The molecule has 5 heteroatoms. The Balaban J connectivity index is 2.89. The fourth-order valence-corrected chi connectivity index (χ4v) is 1.99. The van der Waals surface area contributed by atoms with E-state index in [1.807, 2.05) is 20.8 Å². The maximum Gasteiger partial charge on any atom is 0.358 e. The second-order valence-electron chi connectivity index (χ2n) is 3.71. The Morgan fingerprint density at radius 3 is 2.18 bits per heavy atom. The zero-order valence-corrected chi connectivity index (χ0v) is 11.1. The Morgan fingerprint density at radius 2 is 1.71 bits per heavy atom. The molecule has 0 amide bonds. The molecule has 0 aliphatic rings. The first-order valence-corrected chi connectivity index (χ1v) is 6.96. The lowest BCUT2D eigenvalue weighted by Crippen LogP contribution is -2.05. The van der Waals surface area contributed by atoms with E-state index >= 15 is 0 Å². The van der Waals surface area contributed by atoms with Gasteiger partial charge in [-0.05, 0) is 31.9 Å². The molecule has 0 fully saturated rings. The quantitative estimate of drug-likeness (QED) is 0.600. The smallest absolute Gasteiger partial charge is 0.265 e. The van der Waals surface area contributed by atoms with E-state index in [1.165, 1.54) is 12.1 Å². The molecule has 0 radical (unpaired) electrons. The average Bonchev–Trinajstić information content (AvgIpc) is 2.31. The zero-order valence-electron chi connectivity index (χ0n) is 10.3. The minimum Gasteiger partial charge on any atom is -0.265 e. The van der Waals surface area contributed by atoms with Crippen molar-refractivity contribution in [2.75, 3.05) is 0 Å². The van der Waals surface area contributed by atoms with Gasteiger partial charge in [0.05, 0.1) is 5.71 Å². The summed E-state index contributed by atoms with van der Waals surface area (Å²) < 4.78 is 28.2. The Hall–Kier alpha value is -1.36. The summed E-state index contributed by atoms with van der Waals surface area (Å²) in [6.45, 7) is 5.70. The fourth-order valence-electron chi connectivity index (χ4n) is 1.23. The highest BCUT2D eigenvalue weighted by atomic mass is 32.2. The van der Waals surface area contributed by atoms with Crippen LogP contribution in [0.2, 0.25) is 0 Å². The van der Waals surface area contributed by atoms with Crippen molar-refractivity contribution < 1.29 is 12.7 Å². The van der Waals surface area contributed by atoms with Gasteiger partial charge in [0.1, 0.15) is 4.90 Å². The summed E-state index contributed by atoms with van der Waals surface area (Å²) in [4.78, 5) is 0.124. The zero-order chi connectivity index (χ0) is 12.9. The second kappa shape index (κ2) is 5.82. The molecule has 0 saturated carbocycles. The Morgan fingerprint density at radius 1 is 1.18 bits per heavy atom. The summed E-state index contributed by atoms with van der Waals surface area (Å²) >= 11 is 0. The molecule has 1 aromatic carbocycles. The van der Waals surface area contributed by atoms with E-state index in [-0.39, 0.29) is 4.90 Å². The van der Waals surface area contributed by atoms with Crippen LogP contribution in [0, 0.1) is 6.92 Å². The van der Waals surface area contributed by atoms with E-state index in [4.69, 9.17) is 0 Å². The summed E-state index contributed by atoms with van der Waals surface area (Å²) in [6, 6.07) is 6.47. The molecule has 0 aromatic heterocycles. The van der Waals surface area contributed by atoms with Crippen LogP contribution >= 0.6 is 0 Å². The maximum absolute atomic E-state index is 11.8. The third-order valence-corrected chi connectivity index (χ3v) is 3.51. The van der Waals surface area contributed by atoms with Crippen molar-refractivity contribution in [2.45, 2.75) is 38.5 Å². The monoisotopic (exact) mass is 255 g/mol. The van der Waals surface area contributed by atoms with Gasteiger partial charge in [-0.1, -0.05) is 36.7 Å². The summed E-state index contributed by atoms with van der Waals surface area (Å²) in [5.74, 6) is 0. The number of aryl methyl sites for hydroxylation is 1. The molecule has 0 aliphatic heterocycles. The van der Waals surface area contributed by atoms with Crippen LogP contribution in [0.5, 0.6) is 0 Å². The first-order valence-electron chi connectivity index (χ1n) is 5.55. The SMILES string of the molecule is CCC(CC)=NOS(=O)(=O)c1ccc(C)cc1. The van der Waals surface area contributed by atoms with Gasteiger partial charge in [0.25, 0.3) is 0 Å². The molecule has 0 heterocycles. The van der Waals surface area contributed by atoms with Crippen LogP contribution < -0.4 is 0 Å². The third-order valence-electron chi connectivity index (χ3n) is 2.39. The standard InChI is InChI=1S/C12H17NO3S/c1-4-11(5-2)13-16-17(14,15)12-8-6-10(3)7-9-12/h6-9H,4-5H2,1-3H3. The maximum atomic E-state index is 11.8. The summed E-state index contributed by atoms with van der Waals surface area (Å²) in [5, 5.41) is 3.66. The molecule has 0 aliphatic carbocycles. The molecule has 0 N–H and O–H groups in total. The van der Waals surface area contributed by atoms with E-state index in [1.54, 1.807) is 12.1 Å². The highest BCUT2D eigenvalue weighted by Crippen LogP contribution is 2.13. The van der Waals surface area contributed by atoms with Gasteiger partial charge >= 0.3 is 10.1 Å². The van der Waals surface area contributed by atoms with E-state index < -0.39 is 10.1 Å². The predicted octanol–water partition coefficient (Wildman–Crippen LogP) is 2.88. The van der Waals surface area contributed by atoms with E-state index in [2.05, 4.69) is 9.44 Å². The predicted molar refractivity (Wildman–Crippen MR) is 67.5 cm³/mol. The van der Waals surface area contributed by atoms with Gasteiger partial charge in [0, 0.05) is 0 Å². The molecule has 0 unspecified atom stereocenters. The minimum atomic E-state index is -3.78. The van der Waals surface area contributed by atoms with Crippen molar-refractivity contribution >= 4 is 15.8 Å². The van der Waals surface area contributed by atoms with Gasteiger partial charge in [0.15, 0.2) is 0 Å². The number of hydrogen-bond donors (Lipinski definition) is 0. The van der Waals surface area contributed by atoms with Crippen LogP contribution in [0.15, 0.2) is 34.3 Å². The first-order chi connectivity index (χ1) is 7.99. The van der Waals surface area contributed by atoms with Gasteiger partial charge in [-0.25, -0.2) is 0 Å². The Kier molecular flexibility index (Phi) is 4.69. The molecule has 0 bridgehead atoms. The Labute approximate surface area is 102 Å². The van der Waals surface area contributed by atoms with Crippen molar-refractivity contribution in [2.24, 2.45) is 5.16 Å². The molecule has 0 spiro atoms. The van der Waals surface area contributed by atoms with Gasteiger partial charge in [-0.15, -0.1) is 0 Å².